The predicted molar refractivity (Wildman–Crippen MR) is 80.6 cm³/mol. The lowest BCUT2D eigenvalue weighted by Gasteiger charge is -2.20. The monoisotopic (exact) mass is 315 g/mol. The highest BCUT2D eigenvalue weighted by molar-refractivity contribution is 7.10. The van der Waals surface area contributed by atoms with E-state index in [1.807, 2.05) is 25.3 Å². The zero-order valence-corrected chi connectivity index (χ0v) is 12.9. The first-order valence-electron chi connectivity index (χ1n) is 6.46. The molecule has 1 heterocycles. The van der Waals surface area contributed by atoms with Crippen molar-refractivity contribution < 1.29 is 8.78 Å². The van der Waals surface area contributed by atoms with Gasteiger partial charge in [-0.3, -0.25) is 0 Å². The van der Waals surface area contributed by atoms with Crippen molar-refractivity contribution in [3.05, 3.63) is 56.2 Å². The van der Waals surface area contributed by atoms with Crippen LogP contribution in [0.4, 0.5) is 8.78 Å². The van der Waals surface area contributed by atoms with Crippen LogP contribution in [0.3, 0.4) is 0 Å². The van der Waals surface area contributed by atoms with Gasteiger partial charge in [-0.05, 0) is 49.0 Å². The van der Waals surface area contributed by atoms with Crippen LogP contribution in [0.2, 0.25) is 5.02 Å². The lowest BCUT2D eigenvalue weighted by molar-refractivity contribution is 0.535. The fraction of sp³-hybridized carbons (Fsp3) is 0.333. The summed E-state index contributed by atoms with van der Waals surface area (Å²) in [6.45, 7) is 4.73. The number of nitrogens with one attached hydrogen (secondary N) is 1. The van der Waals surface area contributed by atoms with Crippen molar-refractivity contribution >= 4 is 22.9 Å². The molecule has 0 spiro atoms. The van der Waals surface area contributed by atoms with Gasteiger partial charge in [-0.2, -0.15) is 0 Å². The summed E-state index contributed by atoms with van der Waals surface area (Å²) in [7, 11) is 0. The van der Waals surface area contributed by atoms with Gasteiger partial charge in [-0.15, -0.1) is 11.3 Å². The SMILES string of the molecule is CCCNC(c1cc(F)c(Cl)cc1F)c1ccsc1C. The maximum absolute atomic E-state index is 14.1. The molecular formula is C15H16ClF2NS. The summed E-state index contributed by atoms with van der Waals surface area (Å²) in [6.07, 6.45) is 0.914. The Hall–Kier alpha value is -0.970. The van der Waals surface area contributed by atoms with Gasteiger partial charge in [0.2, 0.25) is 0 Å². The second-order valence-corrected chi connectivity index (χ2v) is 6.13. The molecule has 0 radical (unpaired) electrons. The minimum Gasteiger partial charge on any atom is -0.306 e. The first-order chi connectivity index (χ1) is 9.54. The standard InChI is InChI=1S/C15H16ClF2NS/c1-3-5-19-15(10-4-6-20-9(10)2)11-7-14(18)12(16)8-13(11)17/h4,6-8,15,19H,3,5H2,1-2H3. The van der Waals surface area contributed by atoms with Gasteiger partial charge in [0.05, 0.1) is 11.1 Å². The van der Waals surface area contributed by atoms with Gasteiger partial charge in [0, 0.05) is 10.4 Å². The molecule has 20 heavy (non-hydrogen) atoms. The maximum atomic E-state index is 14.1. The average molecular weight is 316 g/mol. The fourth-order valence-electron chi connectivity index (χ4n) is 2.13. The molecule has 0 fully saturated rings. The van der Waals surface area contributed by atoms with E-state index < -0.39 is 11.6 Å². The Kier molecular flexibility index (Phi) is 5.13. The molecule has 1 unspecified atom stereocenters. The van der Waals surface area contributed by atoms with E-state index in [1.165, 1.54) is 6.07 Å². The number of benzene rings is 1. The second-order valence-electron chi connectivity index (χ2n) is 4.61. The van der Waals surface area contributed by atoms with Gasteiger partial charge in [-0.1, -0.05) is 18.5 Å². The summed E-state index contributed by atoms with van der Waals surface area (Å²) >= 11 is 7.21. The van der Waals surface area contributed by atoms with E-state index in [0.717, 1.165) is 29.5 Å². The van der Waals surface area contributed by atoms with Gasteiger partial charge in [0.25, 0.3) is 0 Å². The van der Waals surface area contributed by atoms with Crippen molar-refractivity contribution in [3.63, 3.8) is 0 Å². The first-order valence-corrected chi connectivity index (χ1v) is 7.72. The van der Waals surface area contributed by atoms with E-state index >= 15 is 0 Å². The van der Waals surface area contributed by atoms with Crippen LogP contribution in [0.1, 0.15) is 35.4 Å². The quantitative estimate of drug-likeness (QED) is 0.759. The zero-order chi connectivity index (χ0) is 14.7. The van der Waals surface area contributed by atoms with Crippen LogP contribution in [0.25, 0.3) is 0 Å². The van der Waals surface area contributed by atoms with Crippen LogP contribution < -0.4 is 5.32 Å². The molecule has 1 atom stereocenters. The summed E-state index contributed by atoms with van der Waals surface area (Å²) in [4.78, 5) is 1.09. The van der Waals surface area contributed by atoms with Crippen molar-refractivity contribution in [2.24, 2.45) is 0 Å². The highest BCUT2D eigenvalue weighted by atomic mass is 35.5. The van der Waals surface area contributed by atoms with Gasteiger partial charge < -0.3 is 5.32 Å². The van der Waals surface area contributed by atoms with Gasteiger partial charge in [-0.25, -0.2) is 8.78 Å². The van der Waals surface area contributed by atoms with E-state index in [-0.39, 0.29) is 11.1 Å². The topological polar surface area (TPSA) is 12.0 Å². The molecular weight excluding hydrogens is 300 g/mol. The van der Waals surface area contributed by atoms with E-state index in [2.05, 4.69) is 5.32 Å². The third kappa shape index (κ3) is 3.19. The predicted octanol–water partition coefficient (Wildman–Crippen LogP) is 5.08. The highest BCUT2D eigenvalue weighted by Crippen LogP contribution is 2.31. The average Bonchev–Trinajstić information content (AvgIpc) is 2.82. The molecule has 1 N–H and O–H groups in total. The maximum Gasteiger partial charge on any atom is 0.142 e. The Morgan fingerprint density at radius 2 is 2.00 bits per heavy atom. The van der Waals surface area contributed by atoms with Crippen molar-refractivity contribution in [1.82, 2.24) is 5.32 Å². The summed E-state index contributed by atoms with van der Waals surface area (Å²) in [5.74, 6) is -1.09. The molecule has 108 valence electrons. The Bertz CT molecular complexity index is 598. The van der Waals surface area contributed by atoms with E-state index in [4.69, 9.17) is 11.6 Å². The smallest absolute Gasteiger partial charge is 0.142 e. The van der Waals surface area contributed by atoms with E-state index in [0.29, 0.717) is 5.56 Å². The summed E-state index contributed by atoms with van der Waals surface area (Å²) < 4.78 is 27.8. The molecule has 0 amide bonds. The molecule has 0 aliphatic rings. The van der Waals surface area contributed by atoms with Crippen LogP contribution in [-0.4, -0.2) is 6.54 Å². The molecule has 0 saturated heterocycles. The van der Waals surface area contributed by atoms with Crippen LogP contribution in [0.15, 0.2) is 23.6 Å². The minimum absolute atomic E-state index is 0.192. The van der Waals surface area contributed by atoms with Crippen LogP contribution >= 0.6 is 22.9 Å². The molecule has 1 nitrogen and oxygen atoms in total. The van der Waals surface area contributed by atoms with Crippen molar-refractivity contribution in [2.75, 3.05) is 6.54 Å². The van der Waals surface area contributed by atoms with E-state index in [1.54, 1.807) is 11.3 Å². The summed E-state index contributed by atoms with van der Waals surface area (Å²) in [6, 6.07) is 3.81. The second kappa shape index (κ2) is 6.66. The Morgan fingerprint density at radius 1 is 1.25 bits per heavy atom. The molecule has 2 rings (SSSR count). The molecule has 1 aromatic heterocycles. The number of rotatable bonds is 5. The number of hydrogen-bond donors (Lipinski definition) is 1. The Morgan fingerprint density at radius 3 is 2.60 bits per heavy atom. The minimum atomic E-state index is -0.598. The molecule has 0 aliphatic carbocycles. The van der Waals surface area contributed by atoms with Crippen LogP contribution in [-0.2, 0) is 0 Å². The highest BCUT2D eigenvalue weighted by Gasteiger charge is 2.21. The molecule has 0 bridgehead atoms. The van der Waals surface area contributed by atoms with Crippen LogP contribution in [0, 0.1) is 18.6 Å². The van der Waals surface area contributed by atoms with Crippen molar-refractivity contribution in [3.8, 4) is 0 Å². The number of thiophene rings is 1. The number of hydrogen-bond acceptors (Lipinski definition) is 2. The van der Waals surface area contributed by atoms with Crippen molar-refractivity contribution in [1.29, 1.82) is 0 Å². The summed E-state index contributed by atoms with van der Waals surface area (Å²) in [5.41, 5.74) is 1.27. The molecule has 1 aromatic carbocycles. The lowest BCUT2D eigenvalue weighted by atomic mass is 9.98. The third-order valence-electron chi connectivity index (χ3n) is 3.16. The van der Waals surface area contributed by atoms with E-state index in [9.17, 15) is 8.78 Å². The molecule has 0 aliphatic heterocycles. The normalized spacial score (nSPS) is 12.7. The first kappa shape index (κ1) is 15.4. The Balaban J connectivity index is 2.46. The number of halogens is 3. The Labute approximate surface area is 126 Å². The van der Waals surface area contributed by atoms with Crippen molar-refractivity contribution in [2.45, 2.75) is 26.3 Å². The molecule has 5 heteroatoms. The van der Waals surface area contributed by atoms with Crippen LogP contribution in [0.5, 0.6) is 0 Å². The van der Waals surface area contributed by atoms with Gasteiger partial charge >= 0.3 is 0 Å². The molecule has 2 aromatic rings. The molecule has 0 saturated carbocycles. The van der Waals surface area contributed by atoms with Gasteiger partial charge in [0.1, 0.15) is 11.6 Å². The fourth-order valence-corrected chi connectivity index (χ4v) is 3.02. The third-order valence-corrected chi connectivity index (χ3v) is 4.31. The zero-order valence-electron chi connectivity index (χ0n) is 11.3. The van der Waals surface area contributed by atoms with Gasteiger partial charge in [0.15, 0.2) is 0 Å². The largest absolute Gasteiger partial charge is 0.306 e. The summed E-state index contributed by atoms with van der Waals surface area (Å²) in [5, 5.41) is 5.04. The number of aryl methyl sites for hydroxylation is 1. The lowest BCUT2D eigenvalue weighted by Crippen LogP contribution is -2.24.